The number of nitrogens with zero attached hydrogens (tertiary/aromatic N) is 4. The molecule has 2 aromatic heterocycles. The van der Waals surface area contributed by atoms with Crippen LogP contribution in [0.25, 0.3) is 11.6 Å². The van der Waals surface area contributed by atoms with Crippen LogP contribution in [0, 0.1) is 0 Å². The lowest BCUT2D eigenvalue weighted by Crippen LogP contribution is -2.44. The van der Waals surface area contributed by atoms with Crippen molar-refractivity contribution in [1.29, 1.82) is 0 Å². The predicted octanol–water partition coefficient (Wildman–Crippen LogP) is 4.47. The molecule has 3 aromatic rings. The summed E-state index contributed by atoms with van der Waals surface area (Å²) in [5.74, 6) is 1.92. The van der Waals surface area contributed by atoms with E-state index in [1.165, 1.54) is 18.2 Å². The Morgan fingerprint density at radius 1 is 1.17 bits per heavy atom. The number of aromatic nitrogens is 3. The molecule has 0 saturated carbocycles. The predicted molar refractivity (Wildman–Crippen MR) is 114 cm³/mol. The molecular weight excluding hydrogens is 384 g/mol. The third kappa shape index (κ3) is 4.56. The highest BCUT2D eigenvalue weighted by Gasteiger charge is 2.26. The molecule has 0 spiro atoms. The Balaban J connectivity index is 1.53. The molecule has 0 unspecified atom stereocenters. The van der Waals surface area contributed by atoms with Gasteiger partial charge in [0, 0.05) is 12.6 Å². The molecule has 1 atom stereocenters. The van der Waals surface area contributed by atoms with Crippen molar-refractivity contribution in [2.75, 3.05) is 12.3 Å². The zero-order valence-electron chi connectivity index (χ0n) is 16.7. The monoisotopic (exact) mass is 410 g/mol. The van der Waals surface area contributed by atoms with Crippen LogP contribution in [-0.4, -0.2) is 43.9 Å². The lowest BCUT2D eigenvalue weighted by atomic mass is 10.0. The van der Waals surface area contributed by atoms with Gasteiger partial charge in [-0.2, -0.15) is 0 Å². The fraction of sp³-hybridized carbons (Fsp3) is 0.409. The molecule has 1 amide bonds. The Bertz CT molecular complexity index is 924. The molecule has 0 aliphatic carbocycles. The van der Waals surface area contributed by atoms with Crippen molar-refractivity contribution < 1.29 is 9.21 Å². The van der Waals surface area contributed by atoms with E-state index in [4.69, 9.17) is 4.42 Å². The number of hydrogen-bond acceptors (Lipinski definition) is 5. The van der Waals surface area contributed by atoms with Gasteiger partial charge in [0.1, 0.15) is 0 Å². The van der Waals surface area contributed by atoms with Gasteiger partial charge in [0.25, 0.3) is 0 Å². The second kappa shape index (κ2) is 9.31. The van der Waals surface area contributed by atoms with Gasteiger partial charge in [-0.3, -0.25) is 9.36 Å². The molecule has 29 heavy (non-hydrogen) atoms. The lowest BCUT2D eigenvalue weighted by molar-refractivity contribution is -0.132. The Hall–Kier alpha value is -2.54. The average Bonchev–Trinajstić information content (AvgIpc) is 3.43. The van der Waals surface area contributed by atoms with Crippen LogP contribution in [0.1, 0.15) is 38.2 Å². The molecular formula is C22H26N4O2S. The number of rotatable bonds is 7. The molecule has 1 aliphatic heterocycles. The number of benzene rings is 1. The standard InChI is InChI=1S/C22H26N4O2S/c1-2-18-11-6-7-13-25(18)20(27)16-29-22-24-23-21(19-12-8-14-28-19)26(22)15-17-9-4-3-5-10-17/h3-5,8-10,12,14,18H,2,6-7,11,13,15-16H2,1H3/t18-/m1/s1. The zero-order chi connectivity index (χ0) is 20.1. The van der Waals surface area contributed by atoms with Crippen molar-refractivity contribution in [3.63, 3.8) is 0 Å². The molecule has 1 saturated heterocycles. The minimum Gasteiger partial charge on any atom is -0.461 e. The van der Waals surface area contributed by atoms with Gasteiger partial charge < -0.3 is 9.32 Å². The highest BCUT2D eigenvalue weighted by atomic mass is 32.2. The van der Waals surface area contributed by atoms with Gasteiger partial charge in [-0.15, -0.1) is 10.2 Å². The summed E-state index contributed by atoms with van der Waals surface area (Å²) in [6, 6.07) is 14.3. The van der Waals surface area contributed by atoms with Crippen molar-refractivity contribution in [1.82, 2.24) is 19.7 Å². The summed E-state index contributed by atoms with van der Waals surface area (Å²) >= 11 is 1.46. The number of furan rings is 1. The number of likely N-dealkylation sites (tertiary alicyclic amines) is 1. The molecule has 3 heterocycles. The van der Waals surface area contributed by atoms with E-state index in [1.54, 1.807) is 6.26 Å². The average molecular weight is 411 g/mol. The molecule has 1 aromatic carbocycles. The minimum absolute atomic E-state index is 0.190. The smallest absolute Gasteiger partial charge is 0.233 e. The summed E-state index contributed by atoms with van der Waals surface area (Å²) in [7, 11) is 0. The highest BCUT2D eigenvalue weighted by molar-refractivity contribution is 7.99. The van der Waals surface area contributed by atoms with Gasteiger partial charge in [0.05, 0.1) is 18.6 Å². The van der Waals surface area contributed by atoms with Gasteiger partial charge in [0.15, 0.2) is 10.9 Å². The van der Waals surface area contributed by atoms with Gasteiger partial charge in [-0.25, -0.2) is 0 Å². The van der Waals surface area contributed by atoms with E-state index in [2.05, 4.69) is 34.2 Å². The van der Waals surface area contributed by atoms with Crippen molar-refractivity contribution in [2.45, 2.75) is 50.4 Å². The molecule has 152 valence electrons. The summed E-state index contributed by atoms with van der Waals surface area (Å²) < 4.78 is 7.58. The Kier molecular flexibility index (Phi) is 6.34. The van der Waals surface area contributed by atoms with E-state index in [0.29, 0.717) is 29.9 Å². The third-order valence-electron chi connectivity index (χ3n) is 5.39. The van der Waals surface area contributed by atoms with Crippen molar-refractivity contribution in [2.24, 2.45) is 0 Å². The quantitative estimate of drug-likeness (QED) is 0.538. The van der Waals surface area contributed by atoms with Crippen LogP contribution in [0.4, 0.5) is 0 Å². The highest BCUT2D eigenvalue weighted by Crippen LogP contribution is 2.27. The van der Waals surface area contributed by atoms with E-state index >= 15 is 0 Å². The van der Waals surface area contributed by atoms with E-state index < -0.39 is 0 Å². The summed E-state index contributed by atoms with van der Waals surface area (Å²) in [6.45, 7) is 3.66. The molecule has 0 radical (unpaired) electrons. The van der Waals surface area contributed by atoms with Crippen LogP contribution in [0.2, 0.25) is 0 Å². The lowest BCUT2D eigenvalue weighted by Gasteiger charge is -2.35. The minimum atomic E-state index is 0.190. The molecule has 1 fully saturated rings. The molecule has 0 N–H and O–H groups in total. The first-order valence-electron chi connectivity index (χ1n) is 10.2. The zero-order valence-corrected chi connectivity index (χ0v) is 17.5. The number of carbonyl (C=O) groups is 1. The first-order chi connectivity index (χ1) is 14.3. The molecule has 4 rings (SSSR count). The van der Waals surface area contributed by atoms with Crippen LogP contribution in [0.3, 0.4) is 0 Å². The molecule has 7 heteroatoms. The van der Waals surface area contributed by atoms with Crippen LogP contribution in [0.5, 0.6) is 0 Å². The van der Waals surface area contributed by atoms with Crippen molar-refractivity contribution in [3.8, 4) is 11.6 Å². The van der Waals surface area contributed by atoms with E-state index in [1.807, 2.05) is 34.9 Å². The molecule has 0 bridgehead atoms. The van der Waals surface area contributed by atoms with Crippen LogP contribution in [0.15, 0.2) is 58.3 Å². The number of hydrogen-bond donors (Lipinski definition) is 0. The Morgan fingerprint density at radius 2 is 2.03 bits per heavy atom. The van der Waals surface area contributed by atoms with E-state index in [-0.39, 0.29) is 5.91 Å². The maximum Gasteiger partial charge on any atom is 0.233 e. The first kappa shape index (κ1) is 19.8. The van der Waals surface area contributed by atoms with E-state index in [0.717, 1.165) is 36.5 Å². The number of carbonyl (C=O) groups excluding carboxylic acids is 1. The van der Waals surface area contributed by atoms with Gasteiger partial charge >= 0.3 is 0 Å². The maximum atomic E-state index is 12.9. The van der Waals surface area contributed by atoms with Crippen LogP contribution >= 0.6 is 11.8 Å². The summed E-state index contributed by atoms with van der Waals surface area (Å²) in [5, 5.41) is 9.45. The normalized spacial score (nSPS) is 16.9. The SMILES string of the molecule is CC[C@@H]1CCCCN1C(=O)CSc1nnc(-c2ccco2)n1Cc1ccccc1. The number of piperidine rings is 1. The number of amides is 1. The third-order valence-corrected chi connectivity index (χ3v) is 6.34. The topological polar surface area (TPSA) is 64.2 Å². The first-order valence-corrected chi connectivity index (χ1v) is 11.2. The fourth-order valence-electron chi connectivity index (χ4n) is 3.85. The fourth-order valence-corrected chi connectivity index (χ4v) is 4.68. The van der Waals surface area contributed by atoms with Gasteiger partial charge in [-0.1, -0.05) is 49.0 Å². The summed E-state index contributed by atoms with van der Waals surface area (Å²) in [5.41, 5.74) is 1.15. The van der Waals surface area contributed by atoms with Crippen LogP contribution in [-0.2, 0) is 11.3 Å². The maximum absolute atomic E-state index is 12.9. The molecule has 6 nitrogen and oxygen atoms in total. The van der Waals surface area contributed by atoms with Gasteiger partial charge in [-0.05, 0) is 43.4 Å². The van der Waals surface area contributed by atoms with Crippen molar-refractivity contribution in [3.05, 3.63) is 54.3 Å². The van der Waals surface area contributed by atoms with E-state index in [9.17, 15) is 4.79 Å². The second-order valence-electron chi connectivity index (χ2n) is 7.29. The number of thioether (sulfide) groups is 1. The second-order valence-corrected chi connectivity index (χ2v) is 8.23. The Labute approximate surface area is 175 Å². The largest absolute Gasteiger partial charge is 0.461 e. The Morgan fingerprint density at radius 3 is 2.79 bits per heavy atom. The van der Waals surface area contributed by atoms with Gasteiger partial charge in [0.2, 0.25) is 11.7 Å². The summed E-state index contributed by atoms with van der Waals surface area (Å²) in [6.07, 6.45) is 6.07. The summed E-state index contributed by atoms with van der Waals surface area (Å²) in [4.78, 5) is 14.9. The van der Waals surface area contributed by atoms with Crippen molar-refractivity contribution >= 4 is 17.7 Å². The molecule has 1 aliphatic rings. The van der Waals surface area contributed by atoms with Crippen LogP contribution < -0.4 is 0 Å².